The van der Waals surface area contributed by atoms with E-state index in [0.717, 1.165) is 32.8 Å². The third kappa shape index (κ3) is 4.01. The molecule has 2 heterocycles. The molecule has 0 saturated heterocycles. The highest BCUT2D eigenvalue weighted by molar-refractivity contribution is 9.10. The molecule has 0 spiro atoms. The molecule has 0 aliphatic rings. The Morgan fingerprint density at radius 1 is 0.964 bits per heavy atom. The maximum Gasteiger partial charge on any atom is 0.294 e. The molecule has 0 amide bonds. The fourth-order valence-electron chi connectivity index (χ4n) is 2.61. The minimum absolute atomic E-state index is 0.121. The summed E-state index contributed by atoms with van der Waals surface area (Å²) >= 11 is 11.6. The third-order valence-corrected chi connectivity index (χ3v) is 8.30. The minimum Gasteiger partial charge on any atom is -0.284 e. The maximum atomic E-state index is 12.8. The molecule has 0 N–H and O–H groups in total. The fraction of sp³-hybridized carbons (Fsp3) is 0. The summed E-state index contributed by atoms with van der Waals surface area (Å²) in [5, 5.41) is 1.91. The quantitative estimate of drug-likeness (QED) is 0.339. The number of hydrogen-bond acceptors (Lipinski definition) is 4. The molecule has 4 nitrogen and oxygen atoms in total. The van der Waals surface area contributed by atoms with Crippen molar-refractivity contribution in [3.63, 3.8) is 0 Å². The highest BCUT2D eigenvalue weighted by Gasteiger charge is 2.18. The zero-order valence-corrected chi connectivity index (χ0v) is 18.9. The van der Waals surface area contributed by atoms with Crippen molar-refractivity contribution in [2.24, 2.45) is 4.40 Å². The van der Waals surface area contributed by atoms with Crippen molar-refractivity contribution in [3.8, 4) is 16.9 Å². The summed E-state index contributed by atoms with van der Waals surface area (Å²) in [6.07, 6.45) is 0. The second kappa shape index (κ2) is 7.96. The van der Waals surface area contributed by atoms with Crippen molar-refractivity contribution in [2.75, 3.05) is 0 Å². The normalized spacial score (nSPS) is 12.4. The van der Waals surface area contributed by atoms with Gasteiger partial charge in [-0.3, -0.25) is 4.57 Å². The lowest BCUT2D eigenvalue weighted by Crippen LogP contribution is -2.16. The van der Waals surface area contributed by atoms with Crippen molar-refractivity contribution in [2.45, 2.75) is 4.21 Å². The number of sulfonamides is 1. The summed E-state index contributed by atoms with van der Waals surface area (Å²) in [5.74, 6) is 0. The van der Waals surface area contributed by atoms with Crippen LogP contribution in [0.15, 0.2) is 85.2 Å². The second-order valence-corrected chi connectivity index (χ2v) is 11.0. The average Bonchev–Trinajstić information content (AvgIpc) is 3.30. The van der Waals surface area contributed by atoms with Gasteiger partial charge in [0.15, 0.2) is 0 Å². The molecule has 0 aliphatic heterocycles. The Hall–Kier alpha value is -1.71. The number of rotatable bonds is 4. The molecule has 0 unspecified atom stereocenters. The molecule has 4 aromatic rings. The lowest BCUT2D eigenvalue weighted by Gasteiger charge is -2.09. The molecule has 2 aromatic carbocycles. The van der Waals surface area contributed by atoms with E-state index in [0.29, 0.717) is 9.14 Å². The summed E-state index contributed by atoms with van der Waals surface area (Å²) in [5.41, 5.74) is 2.66. The van der Waals surface area contributed by atoms with Gasteiger partial charge in [-0.25, -0.2) is 0 Å². The van der Waals surface area contributed by atoms with Crippen LogP contribution in [-0.2, 0) is 10.0 Å². The van der Waals surface area contributed by atoms with Gasteiger partial charge >= 0.3 is 0 Å². The van der Waals surface area contributed by atoms with Crippen molar-refractivity contribution in [1.82, 2.24) is 4.57 Å². The number of aromatic nitrogens is 1. The van der Waals surface area contributed by atoms with Crippen LogP contribution in [0, 0.1) is 0 Å². The molecule has 0 fully saturated rings. The minimum atomic E-state index is -3.86. The van der Waals surface area contributed by atoms with E-state index in [1.54, 1.807) is 6.07 Å². The summed E-state index contributed by atoms with van der Waals surface area (Å²) in [6.45, 7) is 0. The Balaban J connectivity index is 1.95. The van der Waals surface area contributed by atoms with E-state index in [1.807, 2.05) is 64.5 Å². The molecular weight excluding hydrogens is 500 g/mol. The Labute approximate surface area is 183 Å². The van der Waals surface area contributed by atoms with E-state index in [9.17, 15) is 8.42 Å². The first-order valence-corrected chi connectivity index (χ1v) is 12.3. The van der Waals surface area contributed by atoms with Crippen LogP contribution in [-0.4, -0.2) is 13.0 Å². The van der Waals surface area contributed by atoms with Gasteiger partial charge in [-0.2, -0.15) is 8.42 Å². The number of thiazole rings is 1. The number of hydrogen-bond donors (Lipinski definition) is 0. The van der Waals surface area contributed by atoms with Crippen molar-refractivity contribution in [3.05, 3.63) is 85.7 Å². The molecule has 28 heavy (non-hydrogen) atoms. The van der Waals surface area contributed by atoms with Gasteiger partial charge in [0.05, 0.1) is 10.0 Å². The standard InChI is InChI=1S/C19H12BrClN2O2S3/c20-14-8-6-13(7-9-14)16-12-26-19(23(16)15-4-2-1-3-5-15)22-28(24,25)18-11-10-17(21)27-18/h1-12H/b22-19+. The maximum absolute atomic E-state index is 12.8. The molecule has 4 rings (SSSR count). The molecule has 142 valence electrons. The van der Waals surface area contributed by atoms with Gasteiger partial charge in [-0.05, 0) is 42.0 Å². The Kier molecular flexibility index (Phi) is 5.57. The van der Waals surface area contributed by atoms with Crippen LogP contribution < -0.4 is 4.80 Å². The van der Waals surface area contributed by atoms with Gasteiger partial charge in [0, 0.05) is 15.5 Å². The SMILES string of the molecule is O=S(=O)(/N=c1/scc(-c2ccc(Br)cc2)n1-c1ccccc1)c1ccc(Cl)s1. The van der Waals surface area contributed by atoms with Crippen molar-refractivity contribution >= 4 is 60.2 Å². The van der Waals surface area contributed by atoms with Crippen LogP contribution in [0.4, 0.5) is 0 Å². The van der Waals surface area contributed by atoms with E-state index < -0.39 is 10.0 Å². The first kappa shape index (κ1) is 19.6. The van der Waals surface area contributed by atoms with Crippen molar-refractivity contribution < 1.29 is 8.42 Å². The van der Waals surface area contributed by atoms with Crippen LogP contribution in [0.2, 0.25) is 4.34 Å². The molecule has 0 radical (unpaired) electrons. The average molecular weight is 512 g/mol. The lowest BCUT2D eigenvalue weighted by molar-refractivity contribution is 0.598. The van der Waals surface area contributed by atoms with Crippen LogP contribution in [0.3, 0.4) is 0 Å². The molecule has 2 aromatic heterocycles. The first-order chi connectivity index (χ1) is 13.4. The number of thiophene rings is 1. The summed E-state index contributed by atoms with van der Waals surface area (Å²) < 4.78 is 33.0. The second-order valence-electron chi connectivity index (χ2n) is 5.71. The largest absolute Gasteiger partial charge is 0.294 e. The highest BCUT2D eigenvalue weighted by atomic mass is 79.9. The predicted molar refractivity (Wildman–Crippen MR) is 119 cm³/mol. The van der Waals surface area contributed by atoms with E-state index in [1.165, 1.54) is 17.4 Å². The van der Waals surface area contributed by atoms with E-state index >= 15 is 0 Å². The Bertz CT molecular complexity index is 1290. The van der Waals surface area contributed by atoms with E-state index in [4.69, 9.17) is 11.6 Å². The van der Waals surface area contributed by atoms with Gasteiger partial charge in [0.1, 0.15) is 4.21 Å². The van der Waals surface area contributed by atoms with E-state index in [2.05, 4.69) is 20.3 Å². The fourth-order valence-corrected chi connectivity index (χ4v) is 6.44. The molecule has 0 saturated carbocycles. The van der Waals surface area contributed by atoms with Gasteiger partial charge < -0.3 is 0 Å². The first-order valence-electron chi connectivity index (χ1n) is 8.02. The zero-order chi connectivity index (χ0) is 19.7. The topological polar surface area (TPSA) is 51.4 Å². The van der Waals surface area contributed by atoms with Gasteiger partial charge in [-0.15, -0.1) is 27.1 Å². The van der Waals surface area contributed by atoms with Crippen LogP contribution in [0.25, 0.3) is 16.9 Å². The molecule has 0 bridgehead atoms. The van der Waals surface area contributed by atoms with Gasteiger partial charge in [0.25, 0.3) is 10.0 Å². The monoisotopic (exact) mass is 510 g/mol. The third-order valence-electron chi connectivity index (χ3n) is 3.86. The molecule has 0 atom stereocenters. The smallest absolute Gasteiger partial charge is 0.284 e. The van der Waals surface area contributed by atoms with Gasteiger partial charge in [0.2, 0.25) is 4.80 Å². The Morgan fingerprint density at radius 3 is 2.32 bits per heavy atom. The number of nitrogens with zero attached hydrogens (tertiary/aromatic N) is 2. The van der Waals surface area contributed by atoms with Crippen LogP contribution in [0.5, 0.6) is 0 Å². The predicted octanol–water partition coefficient (Wildman–Crippen LogP) is 5.97. The van der Waals surface area contributed by atoms with Gasteiger partial charge in [-0.1, -0.05) is 57.9 Å². The highest BCUT2D eigenvalue weighted by Crippen LogP contribution is 2.28. The summed E-state index contributed by atoms with van der Waals surface area (Å²) in [7, 11) is -3.86. The molecule has 9 heteroatoms. The Morgan fingerprint density at radius 2 is 1.68 bits per heavy atom. The zero-order valence-electron chi connectivity index (χ0n) is 14.1. The summed E-state index contributed by atoms with van der Waals surface area (Å²) in [6, 6.07) is 20.4. The van der Waals surface area contributed by atoms with Crippen molar-refractivity contribution in [1.29, 1.82) is 0 Å². The number of para-hydroxylation sites is 1. The molecule has 0 aliphatic carbocycles. The van der Waals surface area contributed by atoms with Crippen LogP contribution in [0.1, 0.15) is 0 Å². The van der Waals surface area contributed by atoms with E-state index in [-0.39, 0.29) is 4.21 Å². The van der Waals surface area contributed by atoms with Crippen LogP contribution >= 0.6 is 50.2 Å². The lowest BCUT2D eigenvalue weighted by atomic mass is 10.1. The number of benzene rings is 2. The molecular formula is C19H12BrClN2O2S3. The summed E-state index contributed by atoms with van der Waals surface area (Å²) in [4.78, 5) is 0.369. The number of halogens is 2.